The van der Waals surface area contributed by atoms with Crippen LogP contribution in [0.3, 0.4) is 0 Å². The lowest BCUT2D eigenvalue weighted by Crippen LogP contribution is -2.22. The van der Waals surface area contributed by atoms with Crippen molar-refractivity contribution in [3.8, 4) is 17.1 Å². The third kappa shape index (κ3) is 4.02. The monoisotopic (exact) mass is 408 g/mol. The Hall–Kier alpha value is -3.13. The quantitative estimate of drug-likeness (QED) is 0.335. The zero-order chi connectivity index (χ0) is 20.2. The van der Waals surface area contributed by atoms with Crippen LogP contribution in [0.15, 0.2) is 63.0 Å². The highest BCUT2D eigenvalue weighted by atomic mass is 32.2. The highest BCUT2D eigenvalue weighted by molar-refractivity contribution is 7.98. The lowest BCUT2D eigenvalue weighted by atomic mass is 10.2. The molecular weight excluding hydrogens is 388 g/mol. The first kappa shape index (κ1) is 19.2. The van der Waals surface area contributed by atoms with E-state index in [1.165, 1.54) is 11.8 Å². The van der Waals surface area contributed by atoms with Crippen LogP contribution in [0.5, 0.6) is 5.75 Å². The number of hydrogen-bond donors (Lipinski definition) is 0. The van der Waals surface area contributed by atoms with Gasteiger partial charge in [-0.1, -0.05) is 29.1 Å². The number of rotatable bonds is 7. The molecule has 0 atom stereocenters. The van der Waals surface area contributed by atoms with Crippen molar-refractivity contribution in [1.82, 2.24) is 19.7 Å². The van der Waals surface area contributed by atoms with Crippen LogP contribution in [0.1, 0.15) is 19.7 Å². The van der Waals surface area contributed by atoms with E-state index in [2.05, 4.69) is 15.1 Å². The Bertz CT molecular complexity index is 1180. The van der Waals surface area contributed by atoms with Gasteiger partial charge < -0.3 is 9.26 Å². The fraction of sp³-hybridized carbons (Fsp3) is 0.238. The van der Waals surface area contributed by atoms with Crippen molar-refractivity contribution in [2.75, 3.05) is 6.61 Å². The lowest BCUT2D eigenvalue weighted by molar-refractivity contribution is 0.340. The molecule has 7 nitrogen and oxygen atoms in total. The number of para-hydroxylation sites is 1. The summed E-state index contributed by atoms with van der Waals surface area (Å²) in [4.78, 5) is 21.8. The number of aromatic nitrogens is 4. The Labute approximate surface area is 171 Å². The third-order valence-electron chi connectivity index (χ3n) is 4.36. The predicted octanol–water partition coefficient (Wildman–Crippen LogP) is 4.16. The standard InChI is InChI=1S/C21H20N4O3S/c1-3-25-20(26)16-7-5-6-8-17(16)22-21(25)29-13-18-23-19(24-28-18)14-9-11-15(12-10-14)27-4-2/h5-12H,3-4,13H2,1-2H3. The highest BCUT2D eigenvalue weighted by Crippen LogP contribution is 2.24. The van der Waals surface area contributed by atoms with Gasteiger partial charge in [0.2, 0.25) is 11.7 Å². The van der Waals surface area contributed by atoms with Crippen molar-refractivity contribution < 1.29 is 9.26 Å². The number of benzene rings is 2. The summed E-state index contributed by atoms with van der Waals surface area (Å²) in [5.74, 6) is 2.22. The Kier molecular flexibility index (Phi) is 5.62. The molecule has 0 radical (unpaired) electrons. The summed E-state index contributed by atoms with van der Waals surface area (Å²) in [7, 11) is 0. The molecule has 0 fully saturated rings. The fourth-order valence-corrected chi connectivity index (χ4v) is 3.86. The molecule has 0 aliphatic heterocycles. The van der Waals surface area contributed by atoms with Gasteiger partial charge in [0.25, 0.3) is 5.56 Å². The molecule has 0 saturated heterocycles. The topological polar surface area (TPSA) is 83.0 Å². The summed E-state index contributed by atoms with van der Waals surface area (Å²) < 4.78 is 12.5. The minimum Gasteiger partial charge on any atom is -0.494 e. The number of hydrogen-bond acceptors (Lipinski definition) is 7. The molecule has 2 aromatic heterocycles. The summed E-state index contributed by atoms with van der Waals surface area (Å²) in [6.07, 6.45) is 0. The van der Waals surface area contributed by atoms with Crippen molar-refractivity contribution in [2.24, 2.45) is 0 Å². The average molecular weight is 408 g/mol. The normalized spacial score (nSPS) is 11.1. The second kappa shape index (κ2) is 8.48. The molecule has 0 bridgehead atoms. The van der Waals surface area contributed by atoms with Crippen LogP contribution in [0.2, 0.25) is 0 Å². The average Bonchev–Trinajstić information content (AvgIpc) is 3.22. The maximum Gasteiger partial charge on any atom is 0.262 e. The van der Waals surface area contributed by atoms with E-state index < -0.39 is 0 Å². The van der Waals surface area contributed by atoms with Gasteiger partial charge in [0.15, 0.2) is 5.16 Å². The summed E-state index contributed by atoms with van der Waals surface area (Å²) >= 11 is 1.41. The van der Waals surface area contributed by atoms with E-state index in [1.807, 2.05) is 56.3 Å². The fourth-order valence-electron chi connectivity index (χ4n) is 2.96. The summed E-state index contributed by atoms with van der Waals surface area (Å²) in [6.45, 7) is 5.03. The molecule has 4 aromatic rings. The number of thioether (sulfide) groups is 1. The Morgan fingerprint density at radius 3 is 2.62 bits per heavy atom. The number of fused-ring (bicyclic) bond motifs is 1. The van der Waals surface area contributed by atoms with E-state index in [0.29, 0.717) is 46.7 Å². The van der Waals surface area contributed by atoms with Crippen molar-refractivity contribution >= 4 is 22.7 Å². The van der Waals surface area contributed by atoms with Gasteiger partial charge >= 0.3 is 0 Å². The van der Waals surface area contributed by atoms with E-state index in [0.717, 1.165) is 11.3 Å². The van der Waals surface area contributed by atoms with E-state index in [-0.39, 0.29) is 5.56 Å². The van der Waals surface area contributed by atoms with Crippen molar-refractivity contribution in [1.29, 1.82) is 0 Å². The van der Waals surface area contributed by atoms with Crippen LogP contribution in [-0.4, -0.2) is 26.3 Å². The molecule has 2 heterocycles. The van der Waals surface area contributed by atoms with Gasteiger partial charge in [0.05, 0.1) is 23.3 Å². The smallest absolute Gasteiger partial charge is 0.262 e. The molecule has 0 aliphatic rings. The first-order valence-electron chi connectivity index (χ1n) is 9.37. The second-order valence-corrected chi connectivity index (χ2v) is 7.16. The molecule has 0 spiro atoms. The lowest BCUT2D eigenvalue weighted by Gasteiger charge is -2.10. The molecule has 8 heteroatoms. The van der Waals surface area contributed by atoms with E-state index in [1.54, 1.807) is 10.6 Å². The molecular formula is C21H20N4O3S. The van der Waals surface area contributed by atoms with Crippen molar-refractivity contribution in [3.05, 3.63) is 64.8 Å². The van der Waals surface area contributed by atoms with Crippen LogP contribution in [0, 0.1) is 0 Å². The molecule has 0 saturated carbocycles. The molecule has 29 heavy (non-hydrogen) atoms. The van der Waals surface area contributed by atoms with Gasteiger partial charge in [-0.05, 0) is 50.2 Å². The maximum absolute atomic E-state index is 12.7. The Balaban J connectivity index is 1.53. The van der Waals surface area contributed by atoms with Gasteiger partial charge in [-0.2, -0.15) is 4.98 Å². The Morgan fingerprint density at radius 1 is 1.07 bits per heavy atom. The number of ether oxygens (including phenoxy) is 1. The van der Waals surface area contributed by atoms with Crippen LogP contribution < -0.4 is 10.3 Å². The zero-order valence-electron chi connectivity index (χ0n) is 16.2. The number of nitrogens with zero attached hydrogens (tertiary/aromatic N) is 4. The molecule has 148 valence electrons. The van der Waals surface area contributed by atoms with Crippen molar-refractivity contribution in [2.45, 2.75) is 31.3 Å². The first-order valence-corrected chi connectivity index (χ1v) is 10.4. The minimum absolute atomic E-state index is 0.0405. The highest BCUT2D eigenvalue weighted by Gasteiger charge is 2.13. The molecule has 2 aromatic carbocycles. The summed E-state index contributed by atoms with van der Waals surface area (Å²) in [5, 5.41) is 5.31. The Morgan fingerprint density at radius 2 is 1.86 bits per heavy atom. The summed E-state index contributed by atoms with van der Waals surface area (Å²) in [6, 6.07) is 14.9. The van der Waals surface area contributed by atoms with Crippen LogP contribution in [0.25, 0.3) is 22.3 Å². The predicted molar refractivity (Wildman–Crippen MR) is 112 cm³/mol. The second-order valence-electron chi connectivity index (χ2n) is 6.22. The van der Waals surface area contributed by atoms with Crippen LogP contribution in [-0.2, 0) is 12.3 Å². The molecule has 0 unspecified atom stereocenters. The largest absolute Gasteiger partial charge is 0.494 e. The van der Waals surface area contributed by atoms with Gasteiger partial charge in [0.1, 0.15) is 5.75 Å². The van der Waals surface area contributed by atoms with Crippen LogP contribution in [0.4, 0.5) is 0 Å². The third-order valence-corrected chi connectivity index (χ3v) is 5.32. The molecule has 0 N–H and O–H groups in total. The minimum atomic E-state index is -0.0405. The van der Waals surface area contributed by atoms with Gasteiger partial charge in [0, 0.05) is 12.1 Å². The zero-order valence-corrected chi connectivity index (χ0v) is 17.0. The molecule has 0 aliphatic carbocycles. The first-order chi connectivity index (χ1) is 14.2. The van der Waals surface area contributed by atoms with Crippen LogP contribution >= 0.6 is 11.8 Å². The molecule has 4 rings (SSSR count). The molecule has 0 amide bonds. The van der Waals surface area contributed by atoms with Crippen molar-refractivity contribution in [3.63, 3.8) is 0 Å². The van der Waals surface area contributed by atoms with E-state index >= 15 is 0 Å². The summed E-state index contributed by atoms with van der Waals surface area (Å²) in [5.41, 5.74) is 1.49. The van der Waals surface area contributed by atoms with Gasteiger partial charge in [-0.25, -0.2) is 4.98 Å². The maximum atomic E-state index is 12.7. The van der Waals surface area contributed by atoms with E-state index in [9.17, 15) is 4.79 Å². The SMILES string of the molecule is CCOc1ccc(-c2noc(CSc3nc4ccccc4c(=O)n3CC)n2)cc1. The van der Waals surface area contributed by atoms with E-state index in [4.69, 9.17) is 9.26 Å². The van der Waals surface area contributed by atoms with Gasteiger partial charge in [-0.15, -0.1) is 0 Å². The van der Waals surface area contributed by atoms with Gasteiger partial charge in [-0.3, -0.25) is 9.36 Å².